The number of carbonyl (C=O) groups excluding carboxylic acids is 2. The molecule has 0 atom stereocenters. The summed E-state index contributed by atoms with van der Waals surface area (Å²) in [5, 5.41) is 8.62. The average Bonchev–Trinajstić information content (AvgIpc) is 2.95. The van der Waals surface area contributed by atoms with Crippen LogP contribution in [-0.4, -0.2) is 22.0 Å². The van der Waals surface area contributed by atoms with E-state index in [1.54, 1.807) is 12.3 Å². The molecule has 2 amide bonds. The molecule has 0 unspecified atom stereocenters. The Morgan fingerprint density at radius 2 is 2.19 bits per heavy atom. The molecule has 0 saturated heterocycles. The van der Waals surface area contributed by atoms with Gasteiger partial charge in [-0.3, -0.25) is 14.9 Å². The van der Waals surface area contributed by atoms with Crippen LogP contribution in [0.1, 0.15) is 47.3 Å². The highest BCUT2D eigenvalue weighted by Crippen LogP contribution is 2.24. The first kappa shape index (κ1) is 15.2. The van der Waals surface area contributed by atoms with E-state index in [-0.39, 0.29) is 18.2 Å². The van der Waals surface area contributed by atoms with Gasteiger partial charge in [-0.25, -0.2) is 4.98 Å². The Kier molecular flexibility index (Phi) is 4.37. The quantitative estimate of drug-likeness (QED) is 0.875. The lowest BCUT2D eigenvalue weighted by Gasteiger charge is -2.04. The monoisotopic (exact) mass is 308 g/mol. The van der Waals surface area contributed by atoms with Crippen molar-refractivity contribution >= 4 is 28.3 Å². The molecule has 0 fully saturated rings. The fourth-order valence-electron chi connectivity index (χ4n) is 1.84. The van der Waals surface area contributed by atoms with Gasteiger partial charge in [-0.15, -0.1) is 11.3 Å². The zero-order valence-corrected chi connectivity index (χ0v) is 12.8. The van der Waals surface area contributed by atoms with E-state index in [0.717, 1.165) is 0 Å². The summed E-state index contributed by atoms with van der Waals surface area (Å²) in [6, 6.07) is 0. The number of anilines is 1. The van der Waals surface area contributed by atoms with Gasteiger partial charge in [0.1, 0.15) is 5.56 Å². The highest BCUT2D eigenvalue weighted by Gasteiger charge is 2.23. The second-order valence-electron chi connectivity index (χ2n) is 4.90. The van der Waals surface area contributed by atoms with Crippen LogP contribution in [0.25, 0.3) is 0 Å². The molecular formula is C13H16N4O3S. The van der Waals surface area contributed by atoms with Crippen molar-refractivity contribution in [2.24, 2.45) is 5.73 Å². The molecule has 2 rings (SSSR count). The standard InChI is InChI=1S/C13H16N4O3S/c1-6(2)11-10(7(3)17-20-11)12(19)16-13-15-8(5-21-13)4-9(14)18/h5-6H,4H2,1-3H3,(H2,14,18)(H,15,16,19). The molecular weight excluding hydrogens is 292 g/mol. The van der Waals surface area contributed by atoms with Crippen molar-refractivity contribution < 1.29 is 14.1 Å². The summed E-state index contributed by atoms with van der Waals surface area (Å²) >= 11 is 1.24. The van der Waals surface area contributed by atoms with Gasteiger partial charge < -0.3 is 10.3 Å². The van der Waals surface area contributed by atoms with Crippen molar-refractivity contribution in [2.45, 2.75) is 33.1 Å². The molecule has 0 radical (unpaired) electrons. The fraction of sp³-hybridized carbons (Fsp3) is 0.385. The molecule has 0 aliphatic rings. The van der Waals surface area contributed by atoms with E-state index in [9.17, 15) is 9.59 Å². The van der Waals surface area contributed by atoms with Gasteiger partial charge in [0.25, 0.3) is 5.91 Å². The van der Waals surface area contributed by atoms with Crippen LogP contribution in [0.15, 0.2) is 9.90 Å². The molecule has 0 aromatic carbocycles. The van der Waals surface area contributed by atoms with Crippen LogP contribution >= 0.6 is 11.3 Å². The van der Waals surface area contributed by atoms with E-state index in [1.165, 1.54) is 11.3 Å². The van der Waals surface area contributed by atoms with Crippen molar-refractivity contribution in [2.75, 3.05) is 5.32 Å². The number of rotatable bonds is 5. The molecule has 0 aliphatic heterocycles. The van der Waals surface area contributed by atoms with Gasteiger partial charge in [-0.2, -0.15) is 0 Å². The molecule has 0 spiro atoms. The minimum absolute atomic E-state index is 0.0497. The molecule has 2 heterocycles. The normalized spacial score (nSPS) is 10.9. The number of primary amides is 1. The maximum Gasteiger partial charge on any atom is 0.262 e. The number of hydrogen-bond acceptors (Lipinski definition) is 6. The van der Waals surface area contributed by atoms with Gasteiger partial charge >= 0.3 is 0 Å². The van der Waals surface area contributed by atoms with Gasteiger partial charge in [0.05, 0.1) is 17.8 Å². The maximum atomic E-state index is 12.3. The van der Waals surface area contributed by atoms with Gasteiger partial charge in [0, 0.05) is 11.3 Å². The Hall–Kier alpha value is -2.22. The van der Waals surface area contributed by atoms with Gasteiger partial charge in [-0.1, -0.05) is 19.0 Å². The molecule has 112 valence electrons. The third kappa shape index (κ3) is 3.46. The summed E-state index contributed by atoms with van der Waals surface area (Å²) < 4.78 is 5.18. The molecule has 21 heavy (non-hydrogen) atoms. The van der Waals surface area contributed by atoms with E-state index in [4.69, 9.17) is 10.3 Å². The van der Waals surface area contributed by atoms with Crippen molar-refractivity contribution in [1.29, 1.82) is 0 Å². The number of aromatic nitrogens is 2. The largest absolute Gasteiger partial charge is 0.369 e. The Bertz CT molecular complexity index is 675. The molecule has 2 aromatic heterocycles. The van der Waals surface area contributed by atoms with Crippen molar-refractivity contribution in [3.63, 3.8) is 0 Å². The first-order chi connectivity index (χ1) is 9.88. The van der Waals surface area contributed by atoms with Gasteiger partial charge in [0.15, 0.2) is 10.9 Å². The first-order valence-corrected chi connectivity index (χ1v) is 7.26. The Labute approximate surface area is 125 Å². The lowest BCUT2D eigenvalue weighted by molar-refractivity contribution is -0.117. The third-order valence-corrected chi connectivity index (χ3v) is 3.57. The summed E-state index contributed by atoms with van der Waals surface area (Å²) in [4.78, 5) is 27.3. The van der Waals surface area contributed by atoms with E-state index in [1.807, 2.05) is 13.8 Å². The summed E-state index contributed by atoms with van der Waals surface area (Å²) in [6.07, 6.45) is 0.0515. The smallest absolute Gasteiger partial charge is 0.262 e. The predicted molar refractivity (Wildman–Crippen MR) is 78.3 cm³/mol. The highest BCUT2D eigenvalue weighted by atomic mass is 32.1. The van der Waals surface area contributed by atoms with Crippen LogP contribution in [0.2, 0.25) is 0 Å². The average molecular weight is 308 g/mol. The third-order valence-electron chi connectivity index (χ3n) is 2.77. The van der Waals surface area contributed by atoms with Crippen LogP contribution < -0.4 is 11.1 Å². The second kappa shape index (κ2) is 6.04. The molecule has 8 heteroatoms. The number of hydrogen-bond donors (Lipinski definition) is 2. The van der Waals surface area contributed by atoms with E-state index >= 15 is 0 Å². The summed E-state index contributed by atoms with van der Waals surface area (Å²) in [7, 11) is 0. The van der Waals surface area contributed by atoms with Gasteiger partial charge in [0.2, 0.25) is 5.91 Å². The first-order valence-electron chi connectivity index (χ1n) is 6.38. The molecule has 0 saturated carbocycles. The maximum absolute atomic E-state index is 12.3. The van der Waals surface area contributed by atoms with E-state index in [2.05, 4.69) is 15.5 Å². The van der Waals surface area contributed by atoms with Crippen molar-refractivity contribution in [1.82, 2.24) is 10.1 Å². The minimum atomic E-state index is -0.463. The van der Waals surface area contributed by atoms with Gasteiger partial charge in [-0.05, 0) is 6.92 Å². The Morgan fingerprint density at radius 1 is 1.48 bits per heavy atom. The summed E-state index contributed by atoms with van der Waals surface area (Å²) in [5.74, 6) is -0.194. The van der Waals surface area contributed by atoms with Crippen LogP contribution in [0.5, 0.6) is 0 Å². The number of aryl methyl sites for hydroxylation is 1. The number of nitrogens with two attached hydrogens (primary N) is 1. The number of amides is 2. The molecule has 0 aliphatic carbocycles. The van der Waals surface area contributed by atoms with Crippen LogP contribution in [0, 0.1) is 6.92 Å². The number of nitrogens with one attached hydrogen (secondary N) is 1. The second-order valence-corrected chi connectivity index (χ2v) is 5.76. The van der Waals surface area contributed by atoms with Crippen LogP contribution in [0.3, 0.4) is 0 Å². The zero-order valence-electron chi connectivity index (χ0n) is 12.0. The number of carbonyl (C=O) groups is 2. The zero-order chi connectivity index (χ0) is 15.6. The lowest BCUT2D eigenvalue weighted by Crippen LogP contribution is -2.16. The lowest BCUT2D eigenvalue weighted by atomic mass is 10.0. The SMILES string of the molecule is Cc1noc(C(C)C)c1C(=O)Nc1nc(CC(N)=O)cs1. The van der Waals surface area contributed by atoms with E-state index in [0.29, 0.717) is 27.8 Å². The molecule has 2 aromatic rings. The highest BCUT2D eigenvalue weighted by molar-refractivity contribution is 7.14. The Morgan fingerprint density at radius 3 is 2.81 bits per heavy atom. The topological polar surface area (TPSA) is 111 Å². The fourth-order valence-corrected chi connectivity index (χ4v) is 2.55. The van der Waals surface area contributed by atoms with Crippen LogP contribution in [0.4, 0.5) is 5.13 Å². The molecule has 7 nitrogen and oxygen atoms in total. The molecule has 0 bridgehead atoms. The van der Waals surface area contributed by atoms with E-state index < -0.39 is 5.91 Å². The number of nitrogens with zero attached hydrogens (tertiary/aromatic N) is 2. The van der Waals surface area contributed by atoms with Crippen molar-refractivity contribution in [3.8, 4) is 0 Å². The minimum Gasteiger partial charge on any atom is -0.369 e. The number of thiazole rings is 1. The predicted octanol–water partition coefficient (Wildman–Crippen LogP) is 1.84. The molecule has 3 N–H and O–H groups in total. The van der Waals surface area contributed by atoms with Crippen molar-refractivity contribution in [3.05, 3.63) is 28.1 Å². The van der Waals surface area contributed by atoms with Crippen LogP contribution in [-0.2, 0) is 11.2 Å². The Balaban J connectivity index is 2.16. The summed E-state index contributed by atoms with van der Waals surface area (Å²) in [6.45, 7) is 5.56. The summed E-state index contributed by atoms with van der Waals surface area (Å²) in [5.41, 5.74) is 6.60.